The highest BCUT2D eigenvalue weighted by atomic mass is 16.6. The molecule has 0 unspecified atom stereocenters. The molecule has 0 amide bonds. The minimum atomic E-state index is -0.474. The van der Waals surface area contributed by atoms with Crippen molar-refractivity contribution in [2.45, 2.75) is 6.61 Å². The van der Waals surface area contributed by atoms with Crippen LogP contribution in [0.15, 0.2) is 48.5 Å². The standard InChI is InChI=1S/C16H17NO5/c1-20-15-8-7-14(17(18)19)11-16(15)22-10-9-21-12-13-5-3-2-4-6-13/h2-8,11H,9-10,12H2,1H3. The summed E-state index contributed by atoms with van der Waals surface area (Å²) in [7, 11) is 1.49. The van der Waals surface area contributed by atoms with Gasteiger partial charge in [-0.05, 0) is 11.6 Å². The Kier molecular flexibility index (Phi) is 5.73. The summed E-state index contributed by atoms with van der Waals surface area (Å²) in [6.07, 6.45) is 0. The molecule has 0 saturated carbocycles. The lowest BCUT2D eigenvalue weighted by molar-refractivity contribution is -0.385. The first-order valence-electron chi connectivity index (χ1n) is 6.77. The summed E-state index contributed by atoms with van der Waals surface area (Å²) in [6.45, 7) is 1.15. The number of nitrogens with zero attached hydrogens (tertiary/aromatic N) is 1. The molecule has 0 aliphatic carbocycles. The monoisotopic (exact) mass is 303 g/mol. The van der Waals surface area contributed by atoms with Gasteiger partial charge in [-0.25, -0.2) is 0 Å². The lowest BCUT2D eigenvalue weighted by Crippen LogP contribution is -2.07. The Morgan fingerprint density at radius 2 is 1.82 bits per heavy atom. The topological polar surface area (TPSA) is 70.8 Å². The van der Waals surface area contributed by atoms with E-state index in [2.05, 4.69) is 0 Å². The Hall–Kier alpha value is -2.60. The highest BCUT2D eigenvalue weighted by molar-refractivity contribution is 5.48. The van der Waals surface area contributed by atoms with E-state index in [9.17, 15) is 10.1 Å². The van der Waals surface area contributed by atoms with Crippen LogP contribution in [0.3, 0.4) is 0 Å². The Labute approximate surface area is 128 Å². The van der Waals surface area contributed by atoms with E-state index in [-0.39, 0.29) is 12.3 Å². The molecule has 116 valence electrons. The van der Waals surface area contributed by atoms with Crippen LogP contribution in [0, 0.1) is 10.1 Å². The Morgan fingerprint density at radius 3 is 2.50 bits per heavy atom. The summed E-state index contributed by atoms with van der Waals surface area (Å²) in [4.78, 5) is 10.3. The van der Waals surface area contributed by atoms with Gasteiger partial charge >= 0.3 is 0 Å². The minimum Gasteiger partial charge on any atom is -0.493 e. The third kappa shape index (κ3) is 4.46. The molecular weight excluding hydrogens is 286 g/mol. The fourth-order valence-corrected chi connectivity index (χ4v) is 1.87. The summed E-state index contributed by atoms with van der Waals surface area (Å²) >= 11 is 0. The Bertz CT molecular complexity index is 615. The Morgan fingerprint density at radius 1 is 1.05 bits per heavy atom. The van der Waals surface area contributed by atoms with Crippen molar-refractivity contribution in [2.75, 3.05) is 20.3 Å². The lowest BCUT2D eigenvalue weighted by Gasteiger charge is -2.10. The van der Waals surface area contributed by atoms with Gasteiger partial charge in [0.2, 0.25) is 0 Å². The average Bonchev–Trinajstić information content (AvgIpc) is 2.55. The van der Waals surface area contributed by atoms with Crippen LogP contribution in [-0.2, 0) is 11.3 Å². The number of methoxy groups -OCH3 is 1. The first kappa shape index (κ1) is 15.8. The predicted octanol–water partition coefficient (Wildman–Crippen LogP) is 3.20. The molecule has 0 saturated heterocycles. The molecule has 2 aromatic rings. The van der Waals surface area contributed by atoms with E-state index in [1.54, 1.807) is 0 Å². The number of nitro benzene ring substituents is 1. The van der Waals surface area contributed by atoms with Crippen molar-refractivity contribution in [1.29, 1.82) is 0 Å². The first-order chi connectivity index (χ1) is 10.7. The minimum absolute atomic E-state index is 0.0407. The second-order valence-corrected chi connectivity index (χ2v) is 4.48. The maximum absolute atomic E-state index is 10.8. The van der Waals surface area contributed by atoms with E-state index in [0.717, 1.165) is 5.56 Å². The van der Waals surface area contributed by atoms with Crippen LogP contribution in [0.5, 0.6) is 11.5 Å². The predicted molar refractivity (Wildman–Crippen MR) is 81.2 cm³/mol. The molecule has 2 rings (SSSR count). The smallest absolute Gasteiger partial charge is 0.273 e. The van der Waals surface area contributed by atoms with Gasteiger partial charge in [0.15, 0.2) is 11.5 Å². The second-order valence-electron chi connectivity index (χ2n) is 4.48. The zero-order chi connectivity index (χ0) is 15.8. The van der Waals surface area contributed by atoms with E-state index >= 15 is 0 Å². The van der Waals surface area contributed by atoms with Crippen LogP contribution in [0.4, 0.5) is 5.69 Å². The van der Waals surface area contributed by atoms with Gasteiger partial charge < -0.3 is 14.2 Å². The van der Waals surface area contributed by atoms with Crippen molar-refractivity contribution in [3.05, 3.63) is 64.2 Å². The van der Waals surface area contributed by atoms with Gasteiger partial charge in [0.25, 0.3) is 5.69 Å². The van der Waals surface area contributed by atoms with Gasteiger partial charge in [0, 0.05) is 6.07 Å². The molecule has 0 aliphatic heterocycles. The fourth-order valence-electron chi connectivity index (χ4n) is 1.87. The van der Waals surface area contributed by atoms with E-state index in [0.29, 0.717) is 24.7 Å². The van der Waals surface area contributed by atoms with E-state index < -0.39 is 4.92 Å². The summed E-state index contributed by atoms with van der Waals surface area (Å²) in [5.74, 6) is 0.786. The van der Waals surface area contributed by atoms with Crippen molar-refractivity contribution in [3.8, 4) is 11.5 Å². The Balaban J connectivity index is 1.83. The SMILES string of the molecule is COc1ccc([N+](=O)[O-])cc1OCCOCc1ccccc1. The van der Waals surface area contributed by atoms with Crippen molar-refractivity contribution < 1.29 is 19.1 Å². The second kappa shape index (κ2) is 7.99. The van der Waals surface area contributed by atoms with Crippen LogP contribution in [-0.4, -0.2) is 25.2 Å². The number of non-ortho nitro benzene ring substituents is 1. The third-order valence-corrected chi connectivity index (χ3v) is 2.95. The summed E-state index contributed by atoms with van der Waals surface area (Å²) in [5, 5.41) is 10.8. The normalized spacial score (nSPS) is 10.2. The summed E-state index contributed by atoms with van der Waals surface area (Å²) in [6, 6.07) is 14.0. The number of benzene rings is 2. The van der Waals surface area contributed by atoms with Crippen molar-refractivity contribution in [1.82, 2.24) is 0 Å². The van der Waals surface area contributed by atoms with Crippen molar-refractivity contribution in [3.63, 3.8) is 0 Å². The maximum Gasteiger partial charge on any atom is 0.273 e. The summed E-state index contributed by atoms with van der Waals surface area (Å²) in [5.41, 5.74) is 1.04. The zero-order valence-electron chi connectivity index (χ0n) is 12.2. The van der Waals surface area contributed by atoms with Gasteiger partial charge in [0.1, 0.15) is 6.61 Å². The fraction of sp³-hybridized carbons (Fsp3) is 0.250. The van der Waals surface area contributed by atoms with Gasteiger partial charge in [-0.3, -0.25) is 10.1 Å². The molecule has 22 heavy (non-hydrogen) atoms. The maximum atomic E-state index is 10.8. The number of hydrogen-bond acceptors (Lipinski definition) is 5. The van der Waals surface area contributed by atoms with Gasteiger partial charge in [-0.2, -0.15) is 0 Å². The lowest BCUT2D eigenvalue weighted by atomic mass is 10.2. The van der Waals surface area contributed by atoms with Crippen LogP contribution in [0.2, 0.25) is 0 Å². The molecule has 0 spiro atoms. The molecule has 0 aliphatic rings. The van der Waals surface area contributed by atoms with Gasteiger partial charge in [0.05, 0.1) is 31.3 Å². The quantitative estimate of drug-likeness (QED) is 0.425. The number of rotatable bonds is 8. The van der Waals surface area contributed by atoms with E-state index in [1.807, 2.05) is 30.3 Å². The van der Waals surface area contributed by atoms with Crippen LogP contribution in [0.25, 0.3) is 0 Å². The summed E-state index contributed by atoms with van der Waals surface area (Å²) < 4.78 is 16.1. The molecule has 0 fully saturated rings. The molecule has 0 bridgehead atoms. The highest BCUT2D eigenvalue weighted by Gasteiger charge is 2.12. The largest absolute Gasteiger partial charge is 0.493 e. The van der Waals surface area contributed by atoms with Crippen LogP contribution < -0.4 is 9.47 Å². The van der Waals surface area contributed by atoms with Crippen LogP contribution in [0.1, 0.15) is 5.56 Å². The van der Waals surface area contributed by atoms with Crippen molar-refractivity contribution >= 4 is 5.69 Å². The first-order valence-corrected chi connectivity index (χ1v) is 6.77. The molecule has 6 nitrogen and oxygen atoms in total. The number of hydrogen-bond donors (Lipinski definition) is 0. The third-order valence-electron chi connectivity index (χ3n) is 2.95. The molecule has 0 aromatic heterocycles. The number of ether oxygens (including phenoxy) is 3. The van der Waals surface area contributed by atoms with Gasteiger partial charge in [-0.15, -0.1) is 0 Å². The zero-order valence-corrected chi connectivity index (χ0v) is 12.2. The van der Waals surface area contributed by atoms with E-state index in [4.69, 9.17) is 14.2 Å². The van der Waals surface area contributed by atoms with E-state index in [1.165, 1.54) is 25.3 Å². The molecule has 2 aromatic carbocycles. The molecular formula is C16H17NO5. The van der Waals surface area contributed by atoms with Crippen LogP contribution >= 0.6 is 0 Å². The highest BCUT2D eigenvalue weighted by Crippen LogP contribution is 2.30. The molecule has 0 N–H and O–H groups in total. The number of nitro groups is 1. The molecule has 0 atom stereocenters. The van der Waals surface area contributed by atoms with Gasteiger partial charge in [-0.1, -0.05) is 30.3 Å². The average molecular weight is 303 g/mol. The van der Waals surface area contributed by atoms with Crippen molar-refractivity contribution in [2.24, 2.45) is 0 Å². The molecule has 6 heteroatoms. The molecule has 0 heterocycles. The molecule has 0 radical (unpaired) electrons.